The van der Waals surface area contributed by atoms with Crippen molar-refractivity contribution >= 4 is 11.6 Å². The number of carbonyl (C=O) groups is 1. The van der Waals surface area contributed by atoms with Gasteiger partial charge in [-0.15, -0.1) is 0 Å². The van der Waals surface area contributed by atoms with Crippen LogP contribution in [0, 0.1) is 0 Å². The summed E-state index contributed by atoms with van der Waals surface area (Å²) in [5, 5.41) is 7.09. The lowest BCUT2D eigenvalue weighted by Crippen LogP contribution is -2.14. The van der Waals surface area contributed by atoms with Gasteiger partial charge in [-0.3, -0.25) is 9.78 Å². The maximum Gasteiger partial charge on any atom is 0.255 e. The molecule has 3 rings (SSSR count). The highest BCUT2D eigenvalue weighted by Crippen LogP contribution is 2.19. The number of aromatic nitrogens is 3. The van der Waals surface area contributed by atoms with Crippen molar-refractivity contribution in [3.63, 3.8) is 0 Å². The molecule has 26 heavy (non-hydrogen) atoms. The standard InChI is InChI=1S/C20H22N4O2/c1-2-3-4-14-26-17-8-6-16(7-9-17)20(25)23-18-15-21-12-10-19(18)24-13-5-11-22-24/h5-13,15H,2-4,14H2,1H3,(H,23,25). The van der Waals surface area contributed by atoms with Gasteiger partial charge in [0.15, 0.2) is 0 Å². The molecule has 0 aliphatic carbocycles. The van der Waals surface area contributed by atoms with Crippen LogP contribution >= 0.6 is 0 Å². The number of hydrogen-bond acceptors (Lipinski definition) is 4. The molecule has 0 aliphatic rings. The fraction of sp³-hybridized carbons (Fsp3) is 0.250. The molecule has 134 valence electrons. The lowest BCUT2D eigenvalue weighted by Gasteiger charge is -2.11. The van der Waals surface area contributed by atoms with Crippen LogP contribution in [-0.2, 0) is 0 Å². The van der Waals surface area contributed by atoms with Crippen molar-refractivity contribution in [3.8, 4) is 11.4 Å². The number of carbonyl (C=O) groups excluding carboxylic acids is 1. The Balaban J connectivity index is 1.66. The molecule has 0 atom stereocenters. The monoisotopic (exact) mass is 350 g/mol. The summed E-state index contributed by atoms with van der Waals surface area (Å²) < 4.78 is 7.36. The molecule has 0 unspecified atom stereocenters. The highest BCUT2D eigenvalue weighted by Gasteiger charge is 2.11. The highest BCUT2D eigenvalue weighted by atomic mass is 16.5. The molecule has 0 saturated heterocycles. The summed E-state index contributed by atoms with van der Waals surface area (Å²) in [7, 11) is 0. The maximum absolute atomic E-state index is 12.5. The lowest BCUT2D eigenvalue weighted by molar-refractivity contribution is 0.102. The van der Waals surface area contributed by atoms with E-state index in [1.54, 1.807) is 41.5 Å². The Kier molecular flexibility index (Phi) is 5.98. The maximum atomic E-state index is 12.5. The van der Waals surface area contributed by atoms with Gasteiger partial charge in [-0.05, 0) is 42.8 Å². The zero-order valence-corrected chi connectivity index (χ0v) is 14.8. The average molecular weight is 350 g/mol. The van der Waals surface area contributed by atoms with Gasteiger partial charge in [0.25, 0.3) is 5.91 Å². The van der Waals surface area contributed by atoms with Gasteiger partial charge in [0.2, 0.25) is 0 Å². The summed E-state index contributed by atoms with van der Waals surface area (Å²) in [5.41, 5.74) is 1.91. The van der Waals surface area contributed by atoms with Crippen LogP contribution in [0.25, 0.3) is 5.69 Å². The topological polar surface area (TPSA) is 69.0 Å². The molecular weight excluding hydrogens is 328 g/mol. The van der Waals surface area contributed by atoms with E-state index in [1.165, 1.54) is 0 Å². The number of nitrogens with one attached hydrogen (secondary N) is 1. The zero-order valence-electron chi connectivity index (χ0n) is 14.8. The number of rotatable bonds is 8. The van der Waals surface area contributed by atoms with E-state index in [0.29, 0.717) is 17.9 Å². The van der Waals surface area contributed by atoms with Crippen molar-refractivity contribution in [2.45, 2.75) is 26.2 Å². The number of pyridine rings is 1. The second-order valence-electron chi connectivity index (χ2n) is 5.88. The van der Waals surface area contributed by atoms with Gasteiger partial charge in [-0.25, -0.2) is 4.68 Å². The van der Waals surface area contributed by atoms with Crippen LogP contribution in [0.4, 0.5) is 5.69 Å². The van der Waals surface area contributed by atoms with Crippen molar-refractivity contribution in [1.82, 2.24) is 14.8 Å². The van der Waals surface area contributed by atoms with Crippen LogP contribution in [0.3, 0.4) is 0 Å². The molecule has 3 aromatic rings. The third-order valence-corrected chi connectivity index (χ3v) is 3.93. The van der Waals surface area contributed by atoms with Gasteiger partial charge in [0.1, 0.15) is 5.75 Å². The summed E-state index contributed by atoms with van der Waals surface area (Å²) in [6.07, 6.45) is 10.1. The number of ether oxygens (including phenoxy) is 1. The summed E-state index contributed by atoms with van der Waals surface area (Å²) in [4.78, 5) is 16.6. The van der Waals surface area contributed by atoms with Gasteiger partial charge < -0.3 is 10.1 Å². The minimum absolute atomic E-state index is 0.205. The average Bonchev–Trinajstić information content (AvgIpc) is 3.21. The van der Waals surface area contributed by atoms with E-state index in [9.17, 15) is 4.79 Å². The quantitative estimate of drug-likeness (QED) is 0.621. The van der Waals surface area contributed by atoms with Crippen LogP contribution < -0.4 is 10.1 Å². The third kappa shape index (κ3) is 4.47. The number of benzene rings is 1. The van der Waals surface area contributed by atoms with Gasteiger partial charge in [0, 0.05) is 24.2 Å². The molecule has 0 bridgehead atoms. The molecule has 0 radical (unpaired) electrons. The SMILES string of the molecule is CCCCCOc1ccc(C(=O)Nc2cnccc2-n2cccn2)cc1. The van der Waals surface area contributed by atoms with Crippen molar-refractivity contribution in [2.24, 2.45) is 0 Å². The van der Waals surface area contributed by atoms with Gasteiger partial charge in [-0.2, -0.15) is 5.10 Å². The fourth-order valence-electron chi connectivity index (χ4n) is 2.53. The largest absolute Gasteiger partial charge is 0.494 e. The first kappa shape index (κ1) is 17.7. The van der Waals surface area contributed by atoms with Gasteiger partial charge in [-0.1, -0.05) is 19.8 Å². The van der Waals surface area contributed by atoms with E-state index < -0.39 is 0 Å². The summed E-state index contributed by atoms with van der Waals surface area (Å²) >= 11 is 0. The third-order valence-electron chi connectivity index (χ3n) is 3.93. The lowest BCUT2D eigenvalue weighted by atomic mass is 10.2. The number of anilines is 1. The van der Waals surface area contributed by atoms with E-state index in [-0.39, 0.29) is 5.91 Å². The van der Waals surface area contributed by atoms with E-state index in [4.69, 9.17) is 4.74 Å². The number of nitrogens with zero attached hydrogens (tertiary/aromatic N) is 3. The van der Waals surface area contributed by atoms with E-state index in [0.717, 1.165) is 30.7 Å². The molecule has 0 saturated carbocycles. The second kappa shape index (κ2) is 8.80. The Bertz CT molecular complexity index is 829. The Morgan fingerprint density at radius 1 is 1.15 bits per heavy atom. The number of amides is 1. The predicted molar refractivity (Wildman–Crippen MR) is 101 cm³/mol. The van der Waals surface area contributed by atoms with Crippen molar-refractivity contribution in [3.05, 3.63) is 66.7 Å². The van der Waals surface area contributed by atoms with E-state index >= 15 is 0 Å². The molecule has 0 spiro atoms. The molecule has 0 aliphatic heterocycles. The van der Waals surface area contributed by atoms with Crippen LogP contribution in [0.2, 0.25) is 0 Å². The Morgan fingerprint density at radius 3 is 2.73 bits per heavy atom. The Hall–Kier alpha value is -3.15. The second-order valence-corrected chi connectivity index (χ2v) is 5.88. The van der Waals surface area contributed by atoms with Crippen LogP contribution in [0.15, 0.2) is 61.2 Å². The predicted octanol–water partition coefficient (Wildman–Crippen LogP) is 4.09. The minimum atomic E-state index is -0.205. The first-order valence-electron chi connectivity index (χ1n) is 8.76. The Morgan fingerprint density at radius 2 is 2.00 bits per heavy atom. The molecule has 2 aromatic heterocycles. The molecule has 6 nitrogen and oxygen atoms in total. The van der Waals surface area contributed by atoms with E-state index in [1.807, 2.05) is 24.4 Å². The summed E-state index contributed by atoms with van der Waals surface area (Å²) in [6, 6.07) is 10.8. The van der Waals surface area contributed by atoms with E-state index in [2.05, 4.69) is 22.3 Å². The van der Waals surface area contributed by atoms with Crippen LogP contribution in [0.1, 0.15) is 36.5 Å². The molecule has 1 amide bonds. The number of hydrogen-bond donors (Lipinski definition) is 1. The van der Waals surface area contributed by atoms with Crippen LogP contribution in [-0.4, -0.2) is 27.3 Å². The fourth-order valence-corrected chi connectivity index (χ4v) is 2.53. The van der Waals surface area contributed by atoms with Crippen molar-refractivity contribution in [1.29, 1.82) is 0 Å². The summed E-state index contributed by atoms with van der Waals surface area (Å²) in [5.74, 6) is 0.570. The molecule has 1 N–H and O–H groups in total. The van der Waals surface area contributed by atoms with Gasteiger partial charge >= 0.3 is 0 Å². The minimum Gasteiger partial charge on any atom is -0.494 e. The molecule has 0 fully saturated rings. The molecule has 1 aromatic carbocycles. The first-order chi connectivity index (χ1) is 12.8. The normalized spacial score (nSPS) is 10.5. The summed E-state index contributed by atoms with van der Waals surface area (Å²) in [6.45, 7) is 2.86. The molecule has 2 heterocycles. The smallest absolute Gasteiger partial charge is 0.255 e. The van der Waals surface area contributed by atoms with Crippen LogP contribution in [0.5, 0.6) is 5.75 Å². The highest BCUT2D eigenvalue weighted by molar-refractivity contribution is 6.05. The zero-order chi connectivity index (χ0) is 18.2. The van der Waals surface area contributed by atoms with Crippen molar-refractivity contribution in [2.75, 3.05) is 11.9 Å². The first-order valence-corrected chi connectivity index (χ1v) is 8.76. The van der Waals surface area contributed by atoms with Gasteiger partial charge in [0.05, 0.1) is 24.2 Å². The Labute approximate surface area is 152 Å². The van der Waals surface area contributed by atoms with Crippen molar-refractivity contribution < 1.29 is 9.53 Å². The molecule has 6 heteroatoms. The molecular formula is C20H22N4O2. The number of unbranched alkanes of at least 4 members (excludes halogenated alkanes) is 2.